The number of amidine groups is 1. The molecular weight excluding hydrogens is 276 g/mol. The summed E-state index contributed by atoms with van der Waals surface area (Å²) in [5.41, 5.74) is 3.71. The summed E-state index contributed by atoms with van der Waals surface area (Å²) in [7, 11) is 2.86. The van der Waals surface area contributed by atoms with Gasteiger partial charge in [-0.25, -0.2) is 4.99 Å². The van der Waals surface area contributed by atoms with E-state index in [1.54, 1.807) is 0 Å². The van der Waals surface area contributed by atoms with E-state index < -0.39 is 16.7 Å². The molecule has 102 valence electrons. The Morgan fingerprint density at radius 1 is 1.35 bits per heavy atom. The number of nitrogens with zero attached hydrogens (tertiary/aromatic N) is 2. The molecule has 3 atom stereocenters. The van der Waals surface area contributed by atoms with Crippen molar-refractivity contribution in [1.29, 1.82) is 10.5 Å². The van der Waals surface area contributed by atoms with Gasteiger partial charge in [0.1, 0.15) is 0 Å². The van der Waals surface area contributed by atoms with Crippen LogP contribution in [0.15, 0.2) is 17.5 Å². The number of hydrogen-bond donors (Lipinski definition) is 2. The lowest BCUT2D eigenvalue weighted by molar-refractivity contribution is -0.687. The van der Waals surface area contributed by atoms with Crippen molar-refractivity contribution in [3.8, 4) is 12.1 Å². The minimum absolute atomic E-state index is 0.226. The summed E-state index contributed by atoms with van der Waals surface area (Å²) in [4.78, 5) is 3.78. The predicted molar refractivity (Wildman–Crippen MR) is 70.1 cm³/mol. The van der Waals surface area contributed by atoms with Crippen LogP contribution >= 0.6 is 11.3 Å². The summed E-state index contributed by atoms with van der Waals surface area (Å²) in [5.74, 6) is -1.54. The Labute approximate surface area is 120 Å². The smallest absolute Gasteiger partial charge is 0.317 e. The highest BCUT2D eigenvalue weighted by molar-refractivity contribution is 7.10. The van der Waals surface area contributed by atoms with E-state index in [9.17, 15) is 10.5 Å². The van der Waals surface area contributed by atoms with Crippen LogP contribution in [0.3, 0.4) is 0 Å². The summed E-state index contributed by atoms with van der Waals surface area (Å²) >= 11 is 1.49. The molecule has 1 saturated carbocycles. The highest BCUT2D eigenvalue weighted by Gasteiger charge is 2.97. The lowest BCUT2D eigenvalue weighted by atomic mass is 9.94. The molecule has 0 saturated heterocycles. The summed E-state index contributed by atoms with van der Waals surface area (Å²) < 4.78 is 10.8. The standard InChI is InChI=1S/C13H12N4O2S/c1-18-13(19-2)12(7-15)9(8-4-3-5-20-8)11(12,6-14)10(16)17-13/h3-5,9H,1-2H3,(H2,16,17)/p+1/t9-,11+,12+/m0/s1. The molecule has 0 unspecified atom stereocenters. The van der Waals surface area contributed by atoms with E-state index in [4.69, 9.17) is 15.2 Å². The number of hydrogen-bond acceptors (Lipinski definition) is 6. The third-order valence-corrected chi connectivity index (χ3v) is 5.34. The molecular formula is C13H13N4O2S+. The van der Waals surface area contributed by atoms with Crippen LogP contribution in [-0.2, 0) is 9.47 Å². The van der Waals surface area contributed by atoms with Crippen molar-refractivity contribution in [1.82, 2.24) is 0 Å². The molecule has 1 aromatic rings. The Balaban J connectivity index is 2.26. The summed E-state index contributed by atoms with van der Waals surface area (Å²) in [6, 6.07) is 8.24. The maximum absolute atomic E-state index is 9.78. The van der Waals surface area contributed by atoms with E-state index in [1.807, 2.05) is 17.5 Å². The van der Waals surface area contributed by atoms with Gasteiger partial charge < -0.3 is 9.47 Å². The van der Waals surface area contributed by atoms with Gasteiger partial charge in [0.25, 0.3) is 5.84 Å². The quantitative estimate of drug-likeness (QED) is 0.713. The monoisotopic (exact) mass is 289 g/mol. The predicted octanol–water partition coefficient (Wildman–Crippen LogP) is -0.737. The molecule has 0 amide bonds. The first kappa shape index (κ1) is 13.1. The van der Waals surface area contributed by atoms with Crippen molar-refractivity contribution in [3.05, 3.63) is 22.4 Å². The number of rotatable bonds is 3. The van der Waals surface area contributed by atoms with Crippen LogP contribution < -0.4 is 10.7 Å². The molecule has 0 bridgehead atoms. The molecule has 1 fully saturated rings. The molecule has 3 rings (SSSR count). The number of ether oxygens (including phenoxy) is 2. The average molecular weight is 289 g/mol. The molecule has 2 heterocycles. The first-order valence-corrected chi connectivity index (χ1v) is 6.85. The van der Waals surface area contributed by atoms with Crippen LogP contribution in [0.1, 0.15) is 10.8 Å². The van der Waals surface area contributed by atoms with Gasteiger partial charge in [0.05, 0.1) is 18.1 Å². The number of thiophene rings is 1. The third-order valence-electron chi connectivity index (χ3n) is 4.40. The van der Waals surface area contributed by atoms with Gasteiger partial charge in [-0.3, -0.25) is 5.73 Å². The highest BCUT2D eigenvalue weighted by Crippen LogP contribution is 2.78. The second-order valence-electron chi connectivity index (χ2n) is 4.85. The lowest BCUT2D eigenvalue weighted by Gasteiger charge is -2.26. The fraction of sp³-hybridized carbons (Fsp3) is 0.462. The second-order valence-corrected chi connectivity index (χ2v) is 5.83. The summed E-state index contributed by atoms with van der Waals surface area (Å²) in [5, 5.41) is 21.4. The van der Waals surface area contributed by atoms with Crippen molar-refractivity contribution in [2.75, 3.05) is 14.2 Å². The van der Waals surface area contributed by atoms with Gasteiger partial charge in [-0.05, 0) is 11.4 Å². The zero-order valence-corrected chi connectivity index (χ0v) is 11.8. The van der Waals surface area contributed by atoms with Crippen LogP contribution in [0.25, 0.3) is 0 Å². The Morgan fingerprint density at radius 3 is 2.50 bits per heavy atom. The van der Waals surface area contributed by atoms with Gasteiger partial charge in [0.2, 0.25) is 0 Å². The van der Waals surface area contributed by atoms with Gasteiger partial charge in [0.15, 0.2) is 10.8 Å². The third kappa shape index (κ3) is 1.01. The first-order valence-electron chi connectivity index (χ1n) is 5.97. The minimum atomic E-state index is -1.41. The number of nitrogens with two attached hydrogens (primary N) is 1. The van der Waals surface area contributed by atoms with Crippen molar-refractivity contribution in [2.45, 2.75) is 11.8 Å². The molecule has 1 aliphatic carbocycles. The van der Waals surface area contributed by atoms with E-state index >= 15 is 0 Å². The highest BCUT2D eigenvalue weighted by atomic mass is 32.1. The minimum Gasteiger partial charge on any atom is -0.317 e. The van der Waals surface area contributed by atoms with E-state index in [1.165, 1.54) is 25.6 Å². The topological polar surface area (TPSA) is 106 Å². The second kappa shape index (κ2) is 3.80. The molecule has 2 aliphatic rings. The van der Waals surface area contributed by atoms with Gasteiger partial charge in [-0.15, -0.1) is 11.3 Å². The van der Waals surface area contributed by atoms with Gasteiger partial charge in [0, 0.05) is 19.1 Å². The number of fused-ring (bicyclic) bond motifs is 1. The van der Waals surface area contributed by atoms with Crippen LogP contribution in [0.2, 0.25) is 0 Å². The molecule has 6 nitrogen and oxygen atoms in total. The maximum Gasteiger partial charge on any atom is 0.342 e. The largest absolute Gasteiger partial charge is 0.342 e. The van der Waals surface area contributed by atoms with E-state index in [0.717, 1.165) is 4.88 Å². The Bertz CT molecular complexity index is 668. The molecule has 3 N–H and O–H groups in total. The zero-order valence-electron chi connectivity index (χ0n) is 11.0. The van der Waals surface area contributed by atoms with Gasteiger partial charge in [-0.1, -0.05) is 6.07 Å². The maximum atomic E-state index is 9.78. The lowest BCUT2D eigenvalue weighted by Crippen LogP contribution is -2.90. The molecule has 0 radical (unpaired) electrons. The van der Waals surface area contributed by atoms with E-state index in [-0.39, 0.29) is 11.8 Å². The summed E-state index contributed by atoms with van der Waals surface area (Å²) in [6.45, 7) is 0. The van der Waals surface area contributed by atoms with E-state index in [2.05, 4.69) is 17.1 Å². The Morgan fingerprint density at radius 2 is 2.05 bits per heavy atom. The zero-order chi connectivity index (χ0) is 14.6. The van der Waals surface area contributed by atoms with Crippen LogP contribution in [0.5, 0.6) is 0 Å². The number of nitriles is 2. The molecule has 1 aliphatic heterocycles. The summed E-state index contributed by atoms with van der Waals surface area (Å²) in [6.07, 6.45) is 0. The van der Waals surface area contributed by atoms with Crippen molar-refractivity contribution >= 4 is 17.2 Å². The molecule has 0 spiro atoms. The Hall–Kier alpha value is -1.93. The Kier molecular flexibility index (Phi) is 2.48. The number of methoxy groups -OCH3 is 2. The molecule has 7 heteroatoms. The SMILES string of the molecule is COC1(OC)[NH+]=C(N)[C@@]2(C#N)[C@H](c3cccs3)[C@@]12C#N. The van der Waals surface area contributed by atoms with Crippen LogP contribution in [-0.4, -0.2) is 26.0 Å². The van der Waals surface area contributed by atoms with Gasteiger partial charge >= 0.3 is 5.91 Å². The van der Waals surface area contributed by atoms with Gasteiger partial charge in [-0.2, -0.15) is 10.5 Å². The fourth-order valence-corrected chi connectivity index (χ4v) is 4.46. The van der Waals surface area contributed by atoms with E-state index in [0.29, 0.717) is 0 Å². The van der Waals surface area contributed by atoms with Crippen molar-refractivity contribution in [2.24, 2.45) is 16.6 Å². The van der Waals surface area contributed by atoms with Crippen LogP contribution in [0, 0.1) is 33.5 Å². The first-order chi connectivity index (χ1) is 9.60. The molecule has 0 aromatic carbocycles. The average Bonchev–Trinajstić information content (AvgIpc) is 2.79. The number of nitrogens with one attached hydrogen (secondary N) is 1. The van der Waals surface area contributed by atoms with Crippen LogP contribution in [0.4, 0.5) is 0 Å². The van der Waals surface area contributed by atoms with Crippen molar-refractivity contribution in [3.63, 3.8) is 0 Å². The molecule has 1 aromatic heterocycles. The molecule has 20 heavy (non-hydrogen) atoms. The van der Waals surface area contributed by atoms with Crippen molar-refractivity contribution < 1.29 is 14.5 Å². The normalized spacial score (nSPS) is 36.6. The fourth-order valence-electron chi connectivity index (χ4n) is 3.50.